The molecule has 0 aromatic heterocycles. The number of aliphatic carboxylic acids is 1. The van der Waals surface area contributed by atoms with Crippen molar-refractivity contribution in [1.29, 1.82) is 0 Å². The smallest absolute Gasteiger partial charge is 0.335 e. The van der Waals surface area contributed by atoms with Gasteiger partial charge < -0.3 is 15.5 Å². The van der Waals surface area contributed by atoms with Crippen molar-refractivity contribution in [3.8, 4) is 0 Å². The maximum Gasteiger partial charge on any atom is 0.335 e. The number of rotatable bonds is 4. The van der Waals surface area contributed by atoms with E-state index in [4.69, 9.17) is 10.2 Å². The minimum absolute atomic E-state index is 0.0612. The number of anilines is 1. The van der Waals surface area contributed by atoms with Crippen LogP contribution in [0.4, 0.5) is 5.69 Å². The number of allylic oxidation sites excluding steroid dienone is 2. The number of carbonyl (C=O) groups is 3. The fourth-order valence-corrected chi connectivity index (χ4v) is 2.34. The van der Waals surface area contributed by atoms with Gasteiger partial charge in [0.2, 0.25) is 5.91 Å². The molecule has 0 fully saturated rings. The van der Waals surface area contributed by atoms with E-state index in [-0.39, 0.29) is 5.56 Å². The van der Waals surface area contributed by atoms with Gasteiger partial charge in [0.25, 0.3) is 0 Å². The summed E-state index contributed by atoms with van der Waals surface area (Å²) >= 11 is 0. The fourth-order valence-electron chi connectivity index (χ4n) is 2.34. The van der Waals surface area contributed by atoms with Crippen LogP contribution in [0.2, 0.25) is 0 Å². The van der Waals surface area contributed by atoms with E-state index in [0.29, 0.717) is 18.5 Å². The normalized spacial score (nSPS) is 20.8. The highest BCUT2D eigenvalue weighted by Crippen LogP contribution is 2.27. The average molecular weight is 289 g/mol. The molecule has 1 aromatic carbocycles. The number of carboxylic acid groups (broad SMARTS) is 2. The Hall–Kier alpha value is -2.63. The Kier molecular flexibility index (Phi) is 4.37. The Morgan fingerprint density at radius 2 is 1.71 bits per heavy atom. The molecule has 0 saturated carbocycles. The molecule has 0 radical (unpaired) electrons. The second-order valence-electron chi connectivity index (χ2n) is 4.87. The molecule has 0 unspecified atom stereocenters. The van der Waals surface area contributed by atoms with Crippen LogP contribution in [0, 0.1) is 11.8 Å². The number of aromatic carboxylic acids is 1. The lowest BCUT2D eigenvalue weighted by atomic mass is 9.82. The number of carbonyl (C=O) groups excluding carboxylic acids is 1. The van der Waals surface area contributed by atoms with Crippen molar-refractivity contribution in [2.24, 2.45) is 11.8 Å². The van der Waals surface area contributed by atoms with Crippen molar-refractivity contribution < 1.29 is 24.6 Å². The van der Waals surface area contributed by atoms with Crippen molar-refractivity contribution in [3.63, 3.8) is 0 Å². The Labute approximate surface area is 121 Å². The van der Waals surface area contributed by atoms with Gasteiger partial charge in [-0.2, -0.15) is 0 Å². The van der Waals surface area contributed by atoms with Crippen LogP contribution >= 0.6 is 0 Å². The van der Waals surface area contributed by atoms with Crippen molar-refractivity contribution in [2.45, 2.75) is 12.8 Å². The van der Waals surface area contributed by atoms with E-state index in [0.717, 1.165) is 0 Å². The van der Waals surface area contributed by atoms with Crippen LogP contribution in [0.5, 0.6) is 0 Å². The average Bonchev–Trinajstić information content (AvgIpc) is 2.47. The molecule has 1 amide bonds. The lowest BCUT2D eigenvalue weighted by molar-refractivity contribution is -0.146. The van der Waals surface area contributed by atoms with Gasteiger partial charge in [-0.05, 0) is 31.0 Å². The highest BCUT2D eigenvalue weighted by atomic mass is 16.4. The summed E-state index contributed by atoms with van der Waals surface area (Å²) in [5.41, 5.74) is 0.407. The zero-order valence-electron chi connectivity index (χ0n) is 11.2. The second-order valence-corrected chi connectivity index (χ2v) is 4.87. The summed E-state index contributed by atoms with van der Waals surface area (Å²) in [5, 5.41) is 20.6. The summed E-state index contributed by atoms with van der Waals surface area (Å²) < 4.78 is 0. The van der Waals surface area contributed by atoms with E-state index >= 15 is 0 Å². The zero-order valence-corrected chi connectivity index (χ0v) is 11.2. The van der Waals surface area contributed by atoms with Gasteiger partial charge in [0.15, 0.2) is 0 Å². The van der Waals surface area contributed by atoms with Crippen LogP contribution in [0.15, 0.2) is 36.4 Å². The monoisotopic (exact) mass is 289 g/mol. The number of nitrogens with one attached hydrogen (secondary N) is 1. The molecule has 6 nitrogen and oxygen atoms in total. The summed E-state index contributed by atoms with van der Waals surface area (Å²) in [5.74, 6) is -3.90. The van der Waals surface area contributed by atoms with Crippen molar-refractivity contribution >= 4 is 23.5 Å². The van der Waals surface area contributed by atoms with Gasteiger partial charge in [-0.15, -0.1) is 0 Å². The first kappa shape index (κ1) is 14.8. The van der Waals surface area contributed by atoms with Gasteiger partial charge in [0, 0.05) is 5.69 Å². The standard InChI is InChI=1S/C15H15NO5/c17-13(11-6-1-2-7-12(11)15(20)21)16-10-5-3-4-9(8-10)14(18)19/h1-5,8,11-12H,6-7H2,(H,16,17)(H,18,19)(H,20,21)/t11-,12-/m0/s1. The summed E-state index contributed by atoms with van der Waals surface area (Å²) in [4.78, 5) is 34.3. The van der Waals surface area contributed by atoms with Crippen molar-refractivity contribution in [2.75, 3.05) is 5.32 Å². The van der Waals surface area contributed by atoms with Gasteiger partial charge in [-0.1, -0.05) is 18.2 Å². The van der Waals surface area contributed by atoms with Gasteiger partial charge in [-0.3, -0.25) is 9.59 Å². The van der Waals surface area contributed by atoms with E-state index in [1.54, 1.807) is 18.2 Å². The molecule has 1 aliphatic rings. The molecular weight excluding hydrogens is 274 g/mol. The first-order valence-corrected chi connectivity index (χ1v) is 6.51. The van der Waals surface area contributed by atoms with E-state index in [9.17, 15) is 14.4 Å². The quantitative estimate of drug-likeness (QED) is 0.735. The second kappa shape index (κ2) is 6.21. The first-order valence-electron chi connectivity index (χ1n) is 6.51. The topological polar surface area (TPSA) is 104 Å². The number of hydrogen-bond donors (Lipinski definition) is 3. The maximum atomic E-state index is 12.2. The molecule has 0 aliphatic heterocycles. The third kappa shape index (κ3) is 3.47. The molecule has 3 N–H and O–H groups in total. The molecule has 2 atom stereocenters. The lowest BCUT2D eigenvalue weighted by Gasteiger charge is -2.24. The van der Waals surface area contributed by atoms with Crippen LogP contribution in [-0.2, 0) is 9.59 Å². The summed E-state index contributed by atoms with van der Waals surface area (Å²) in [6.07, 6.45) is 4.23. The molecule has 0 heterocycles. The fraction of sp³-hybridized carbons (Fsp3) is 0.267. The third-order valence-corrected chi connectivity index (χ3v) is 3.46. The van der Waals surface area contributed by atoms with Gasteiger partial charge in [-0.25, -0.2) is 4.79 Å². The maximum absolute atomic E-state index is 12.2. The molecule has 110 valence electrons. The summed E-state index contributed by atoms with van der Waals surface area (Å²) in [7, 11) is 0. The zero-order chi connectivity index (χ0) is 15.4. The van der Waals surface area contributed by atoms with Crippen molar-refractivity contribution in [3.05, 3.63) is 42.0 Å². The molecule has 1 aromatic rings. The minimum Gasteiger partial charge on any atom is -0.481 e. The largest absolute Gasteiger partial charge is 0.481 e. The highest BCUT2D eigenvalue weighted by molar-refractivity contribution is 5.97. The van der Waals surface area contributed by atoms with Gasteiger partial charge in [0.1, 0.15) is 0 Å². The van der Waals surface area contributed by atoms with Crippen LogP contribution < -0.4 is 5.32 Å². The van der Waals surface area contributed by atoms with Crippen LogP contribution in [-0.4, -0.2) is 28.1 Å². The SMILES string of the molecule is O=C(O)c1cccc(NC(=O)[C@H]2CC=CC[C@@H]2C(=O)O)c1. The molecule has 2 rings (SSSR count). The van der Waals surface area contributed by atoms with E-state index in [2.05, 4.69) is 5.32 Å². The van der Waals surface area contributed by atoms with E-state index in [1.807, 2.05) is 0 Å². The molecule has 0 saturated heterocycles. The van der Waals surface area contributed by atoms with E-state index < -0.39 is 29.7 Å². The Morgan fingerprint density at radius 1 is 1.05 bits per heavy atom. The summed E-state index contributed by atoms with van der Waals surface area (Å²) in [6.45, 7) is 0. The Bertz CT molecular complexity index is 608. The van der Waals surface area contributed by atoms with Crippen LogP contribution in [0.25, 0.3) is 0 Å². The Balaban J connectivity index is 2.13. The van der Waals surface area contributed by atoms with Crippen molar-refractivity contribution in [1.82, 2.24) is 0 Å². The highest BCUT2D eigenvalue weighted by Gasteiger charge is 2.33. The molecule has 0 spiro atoms. The molecular formula is C15H15NO5. The molecule has 1 aliphatic carbocycles. The predicted octanol–water partition coefficient (Wildman–Crippen LogP) is 1.99. The first-order chi connectivity index (χ1) is 9.99. The predicted molar refractivity (Wildman–Crippen MR) is 75.0 cm³/mol. The minimum atomic E-state index is -1.09. The molecule has 0 bridgehead atoms. The van der Waals surface area contributed by atoms with Gasteiger partial charge >= 0.3 is 11.9 Å². The number of carboxylic acids is 2. The number of amides is 1. The number of benzene rings is 1. The van der Waals surface area contributed by atoms with Crippen LogP contribution in [0.3, 0.4) is 0 Å². The van der Waals surface area contributed by atoms with Gasteiger partial charge in [0.05, 0.1) is 17.4 Å². The summed E-state index contributed by atoms with van der Waals surface area (Å²) in [6, 6.07) is 5.85. The number of hydrogen-bond acceptors (Lipinski definition) is 3. The third-order valence-electron chi connectivity index (χ3n) is 3.46. The van der Waals surface area contributed by atoms with E-state index in [1.165, 1.54) is 18.2 Å². The molecule has 21 heavy (non-hydrogen) atoms. The molecule has 6 heteroatoms. The van der Waals surface area contributed by atoms with Crippen LogP contribution in [0.1, 0.15) is 23.2 Å². The Morgan fingerprint density at radius 3 is 2.33 bits per heavy atom. The lowest BCUT2D eigenvalue weighted by Crippen LogP contribution is -2.34.